The topological polar surface area (TPSA) is 70.8 Å². The van der Waals surface area contributed by atoms with Crippen LogP contribution in [0.25, 0.3) is 0 Å². The Morgan fingerprint density at radius 1 is 1.25 bits per heavy atom. The van der Waals surface area contributed by atoms with Crippen LogP contribution >= 0.6 is 0 Å². The van der Waals surface area contributed by atoms with Crippen molar-refractivity contribution >= 4 is 5.91 Å². The number of rotatable bonds is 4. The molecule has 0 unspecified atom stereocenters. The Bertz CT molecular complexity index is 815. The number of aromatic nitrogens is 2. The van der Waals surface area contributed by atoms with Crippen molar-refractivity contribution in [1.82, 2.24) is 19.6 Å². The van der Waals surface area contributed by atoms with E-state index in [-0.39, 0.29) is 23.8 Å². The van der Waals surface area contributed by atoms with Gasteiger partial charge in [0.05, 0.1) is 24.9 Å². The van der Waals surface area contributed by atoms with E-state index >= 15 is 0 Å². The summed E-state index contributed by atoms with van der Waals surface area (Å²) in [6, 6.07) is 6.36. The summed E-state index contributed by atoms with van der Waals surface area (Å²) in [6.07, 6.45) is 7.41. The lowest BCUT2D eigenvalue weighted by atomic mass is 9.98. The zero-order chi connectivity index (χ0) is 19.5. The van der Waals surface area contributed by atoms with E-state index < -0.39 is 0 Å². The van der Waals surface area contributed by atoms with Crippen molar-refractivity contribution in [2.75, 3.05) is 32.8 Å². The van der Waals surface area contributed by atoms with E-state index in [0.29, 0.717) is 18.7 Å². The number of nitrogens with zero attached hydrogens (tertiary/aromatic N) is 4. The lowest BCUT2D eigenvalue weighted by molar-refractivity contribution is -0.0741. The molecule has 0 aliphatic carbocycles. The second-order valence-electron chi connectivity index (χ2n) is 7.71. The number of hydrogen-bond acceptors (Lipinski definition) is 5. The zero-order valence-corrected chi connectivity index (χ0v) is 16.3. The van der Waals surface area contributed by atoms with Crippen LogP contribution in [0.5, 0.6) is 5.75 Å². The third-order valence-electron chi connectivity index (χ3n) is 5.66. The van der Waals surface area contributed by atoms with Gasteiger partial charge in [0.25, 0.3) is 5.91 Å². The Hall–Kier alpha value is -2.38. The molecule has 2 aromatic rings. The van der Waals surface area contributed by atoms with Crippen LogP contribution in [-0.2, 0) is 11.8 Å². The molecule has 1 aromatic carbocycles. The molecule has 1 N–H and O–H groups in total. The summed E-state index contributed by atoms with van der Waals surface area (Å²) in [5.41, 5.74) is 1.48. The molecule has 0 bridgehead atoms. The number of aryl methyl sites for hydroxylation is 1. The number of hydrogen-bond donors (Lipinski definition) is 1. The highest BCUT2D eigenvalue weighted by Crippen LogP contribution is 2.32. The monoisotopic (exact) mass is 384 g/mol. The van der Waals surface area contributed by atoms with Crippen molar-refractivity contribution < 1.29 is 14.6 Å². The molecule has 7 nitrogen and oxygen atoms in total. The van der Waals surface area contributed by atoms with Crippen LogP contribution in [0, 0.1) is 0 Å². The molecule has 0 radical (unpaired) electrons. The molecule has 0 spiro atoms. The molecule has 2 atom stereocenters. The first-order chi connectivity index (χ1) is 13.6. The Morgan fingerprint density at radius 2 is 2.07 bits per heavy atom. The van der Waals surface area contributed by atoms with Crippen LogP contribution in [0.3, 0.4) is 0 Å². The fourth-order valence-electron chi connectivity index (χ4n) is 4.30. The van der Waals surface area contributed by atoms with Crippen molar-refractivity contribution in [1.29, 1.82) is 0 Å². The third kappa shape index (κ3) is 4.05. The normalized spacial score (nSPS) is 23.7. The van der Waals surface area contributed by atoms with Gasteiger partial charge in [-0.05, 0) is 44.1 Å². The number of amides is 1. The van der Waals surface area contributed by atoms with E-state index in [9.17, 15) is 9.90 Å². The van der Waals surface area contributed by atoms with Crippen molar-refractivity contribution in [2.45, 2.75) is 31.4 Å². The van der Waals surface area contributed by atoms with Crippen molar-refractivity contribution in [3.63, 3.8) is 0 Å². The number of ether oxygens (including phenoxy) is 1. The lowest BCUT2D eigenvalue weighted by Crippen LogP contribution is -2.52. The minimum absolute atomic E-state index is 0.0864. The van der Waals surface area contributed by atoms with Crippen LogP contribution < -0.4 is 0 Å². The van der Waals surface area contributed by atoms with Crippen LogP contribution in [-0.4, -0.2) is 69.5 Å². The first kappa shape index (κ1) is 19.0. The van der Waals surface area contributed by atoms with Gasteiger partial charge in [0.2, 0.25) is 0 Å². The lowest BCUT2D eigenvalue weighted by Gasteiger charge is -2.43. The third-order valence-corrected chi connectivity index (χ3v) is 5.66. The number of benzene rings is 1. The fraction of sp³-hybridized carbons (Fsp3) is 0.524. The number of phenolic OH excluding ortho intramolecular Hbond substituents is 1. The highest BCUT2D eigenvalue weighted by Gasteiger charge is 2.38. The molecular weight excluding hydrogens is 356 g/mol. The number of phenols is 1. The quantitative estimate of drug-likeness (QED) is 0.875. The van der Waals surface area contributed by atoms with E-state index in [2.05, 4.69) is 10.00 Å². The summed E-state index contributed by atoms with van der Waals surface area (Å²) in [7, 11) is 1.88. The second-order valence-corrected chi connectivity index (χ2v) is 7.71. The standard InChI is InChI=1S/C21H28N4O3/c1-23-14-17(13-22-23)20-19(15-24-8-3-2-4-9-24)28-11-10-25(20)21(27)16-6-5-7-18(26)12-16/h5-7,12-14,19-20,26H,2-4,8-11,15H2,1H3/t19-,20-/m0/s1. The van der Waals surface area contributed by atoms with Gasteiger partial charge < -0.3 is 19.6 Å². The van der Waals surface area contributed by atoms with E-state index in [1.165, 1.54) is 25.3 Å². The molecule has 2 saturated heterocycles. The molecule has 2 fully saturated rings. The van der Waals surface area contributed by atoms with Gasteiger partial charge in [-0.3, -0.25) is 9.48 Å². The minimum atomic E-state index is -0.195. The first-order valence-electron chi connectivity index (χ1n) is 10.0. The second kappa shape index (κ2) is 8.32. The highest BCUT2D eigenvalue weighted by molar-refractivity contribution is 5.95. The molecule has 7 heteroatoms. The maximum absolute atomic E-state index is 13.3. The molecule has 0 saturated carbocycles. The molecule has 150 valence electrons. The summed E-state index contributed by atoms with van der Waals surface area (Å²) < 4.78 is 7.94. The van der Waals surface area contributed by atoms with E-state index in [1.807, 2.05) is 24.3 Å². The molecule has 1 aromatic heterocycles. The predicted octanol–water partition coefficient (Wildman–Crippen LogP) is 2.19. The van der Waals surface area contributed by atoms with Gasteiger partial charge in [0.15, 0.2) is 0 Å². The van der Waals surface area contributed by atoms with Gasteiger partial charge in [-0.25, -0.2) is 0 Å². The number of aromatic hydroxyl groups is 1. The average Bonchev–Trinajstić information content (AvgIpc) is 3.14. The van der Waals surface area contributed by atoms with Crippen molar-refractivity contribution in [3.05, 3.63) is 47.8 Å². The number of carbonyl (C=O) groups is 1. The van der Waals surface area contributed by atoms with Crippen LogP contribution in [0.4, 0.5) is 0 Å². The number of piperidine rings is 1. The predicted molar refractivity (Wildman–Crippen MR) is 105 cm³/mol. The maximum Gasteiger partial charge on any atom is 0.254 e. The molecule has 2 aliphatic rings. The molecule has 2 aliphatic heterocycles. The van der Waals surface area contributed by atoms with Gasteiger partial charge in [-0.2, -0.15) is 5.10 Å². The molecule has 4 rings (SSSR count). The van der Waals surface area contributed by atoms with E-state index in [0.717, 1.165) is 25.2 Å². The summed E-state index contributed by atoms with van der Waals surface area (Å²) in [5, 5.41) is 14.1. The van der Waals surface area contributed by atoms with Crippen LogP contribution in [0.15, 0.2) is 36.7 Å². The number of carbonyl (C=O) groups excluding carboxylic acids is 1. The molecule has 1 amide bonds. The Morgan fingerprint density at radius 3 is 2.79 bits per heavy atom. The summed E-state index contributed by atoms with van der Waals surface area (Å²) in [4.78, 5) is 17.6. The van der Waals surface area contributed by atoms with Crippen LogP contribution in [0.1, 0.15) is 41.2 Å². The largest absolute Gasteiger partial charge is 0.508 e. The van der Waals surface area contributed by atoms with Gasteiger partial charge in [-0.1, -0.05) is 12.5 Å². The van der Waals surface area contributed by atoms with Gasteiger partial charge in [0, 0.05) is 37.5 Å². The highest BCUT2D eigenvalue weighted by atomic mass is 16.5. The van der Waals surface area contributed by atoms with E-state index in [1.54, 1.807) is 22.9 Å². The van der Waals surface area contributed by atoms with Crippen molar-refractivity contribution in [2.24, 2.45) is 7.05 Å². The zero-order valence-electron chi connectivity index (χ0n) is 16.3. The fourth-order valence-corrected chi connectivity index (χ4v) is 4.30. The minimum Gasteiger partial charge on any atom is -0.508 e. The first-order valence-corrected chi connectivity index (χ1v) is 10.0. The molecule has 28 heavy (non-hydrogen) atoms. The molecular formula is C21H28N4O3. The Kier molecular flexibility index (Phi) is 5.64. The molecule has 3 heterocycles. The Labute approximate surface area is 165 Å². The van der Waals surface area contributed by atoms with Crippen LogP contribution in [0.2, 0.25) is 0 Å². The SMILES string of the molecule is Cn1cc([C@H]2[C@H](CN3CCCCC3)OCCN2C(=O)c2cccc(O)c2)cn1. The van der Waals surface area contributed by atoms with Crippen molar-refractivity contribution in [3.8, 4) is 5.75 Å². The number of morpholine rings is 1. The average molecular weight is 384 g/mol. The summed E-state index contributed by atoms with van der Waals surface area (Å²) in [5.74, 6) is 0.0126. The number of likely N-dealkylation sites (tertiary alicyclic amines) is 1. The van der Waals surface area contributed by atoms with E-state index in [4.69, 9.17) is 4.74 Å². The summed E-state index contributed by atoms with van der Waals surface area (Å²) in [6.45, 7) is 4.01. The van der Waals surface area contributed by atoms with Gasteiger partial charge >= 0.3 is 0 Å². The van der Waals surface area contributed by atoms with Gasteiger partial charge in [-0.15, -0.1) is 0 Å². The Balaban J connectivity index is 1.62. The maximum atomic E-state index is 13.3. The smallest absolute Gasteiger partial charge is 0.254 e. The summed E-state index contributed by atoms with van der Waals surface area (Å²) >= 11 is 0. The van der Waals surface area contributed by atoms with Gasteiger partial charge in [0.1, 0.15) is 5.75 Å².